The summed E-state index contributed by atoms with van der Waals surface area (Å²) in [7, 11) is 0. The van der Waals surface area contributed by atoms with Crippen molar-refractivity contribution < 1.29 is 4.42 Å². The monoisotopic (exact) mass is 765 g/mol. The molecule has 2 heteroatoms. The van der Waals surface area contributed by atoms with Crippen molar-refractivity contribution in [1.82, 2.24) is 0 Å². The van der Waals surface area contributed by atoms with Crippen molar-refractivity contribution in [1.29, 1.82) is 0 Å². The molecule has 10 aromatic rings. The smallest absolute Gasteiger partial charge is 0.137 e. The normalized spacial score (nSPS) is 14.4. The Morgan fingerprint density at radius 2 is 0.800 bits per heavy atom. The van der Waals surface area contributed by atoms with Gasteiger partial charge in [0.05, 0.1) is 16.5 Å². The van der Waals surface area contributed by atoms with Gasteiger partial charge in [0.1, 0.15) is 11.2 Å². The van der Waals surface area contributed by atoms with Crippen LogP contribution in [0, 0.1) is 0 Å². The molecule has 13 rings (SSSR count). The first kappa shape index (κ1) is 33.5. The molecule has 0 radical (unpaired) electrons. The Labute approximate surface area is 349 Å². The van der Waals surface area contributed by atoms with Gasteiger partial charge < -0.3 is 9.32 Å². The van der Waals surface area contributed by atoms with Crippen molar-refractivity contribution in [2.75, 3.05) is 4.90 Å². The first-order valence-electron chi connectivity index (χ1n) is 21.0. The summed E-state index contributed by atoms with van der Waals surface area (Å²) in [6.45, 7) is 4.73. The maximum Gasteiger partial charge on any atom is 0.137 e. The highest BCUT2D eigenvalue weighted by Gasteiger charge is 2.49. The van der Waals surface area contributed by atoms with E-state index in [0.29, 0.717) is 0 Å². The molecular formula is C58H39NO. The van der Waals surface area contributed by atoms with Crippen LogP contribution in [0.5, 0.6) is 0 Å². The topological polar surface area (TPSA) is 16.4 Å². The van der Waals surface area contributed by atoms with E-state index in [1.165, 1.54) is 77.9 Å². The lowest BCUT2D eigenvalue weighted by Gasteiger charge is -2.35. The first-order valence-corrected chi connectivity index (χ1v) is 21.0. The molecule has 0 unspecified atom stereocenters. The molecule has 0 bridgehead atoms. The second-order valence-electron chi connectivity index (χ2n) is 17.1. The molecule has 3 aliphatic rings. The maximum absolute atomic E-state index is 6.54. The SMILES string of the molecule is CC1(C)c2ccccc2-c2ccc(N(c3ccc4c(c3)-c3ccccc3C3(c5ccccc5-4)c4ccccc4-c4ccccc43)c3cccc4oc5ccccc5c34)cc21. The van der Waals surface area contributed by atoms with Crippen LogP contribution >= 0.6 is 0 Å². The van der Waals surface area contributed by atoms with Gasteiger partial charge in [0, 0.05) is 22.2 Å². The van der Waals surface area contributed by atoms with E-state index in [2.05, 4.69) is 219 Å². The zero-order chi connectivity index (χ0) is 39.7. The average Bonchev–Trinajstić information content (AvgIpc) is 3.88. The summed E-state index contributed by atoms with van der Waals surface area (Å²) in [6, 6.07) is 74.5. The van der Waals surface area contributed by atoms with E-state index in [4.69, 9.17) is 4.42 Å². The predicted molar refractivity (Wildman–Crippen MR) is 248 cm³/mol. The fraction of sp³-hybridized carbons (Fsp3) is 0.0690. The minimum atomic E-state index is -0.499. The van der Waals surface area contributed by atoms with Gasteiger partial charge in [0.2, 0.25) is 0 Å². The van der Waals surface area contributed by atoms with Crippen LogP contribution in [-0.4, -0.2) is 0 Å². The Hall–Kier alpha value is -7.42. The van der Waals surface area contributed by atoms with Crippen LogP contribution in [0.4, 0.5) is 17.1 Å². The zero-order valence-corrected chi connectivity index (χ0v) is 33.4. The van der Waals surface area contributed by atoms with Gasteiger partial charge in [-0.1, -0.05) is 172 Å². The third-order valence-corrected chi connectivity index (χ3v) is 13.9. The minimum Gasteiger partial charge on any atom is -0.456 e. The van der Waals surface area contributed by atoms with E-state index in [0.717, 1.165) is 39.0 Å². The molecule has 0 amide bonds. The van der Waals surface area contributed by atoms with Crippen molar-refractivity contribution in [3.05, 3.63) is 234 Å². The number of hydrogen-bond donors (Lipinski definition) is 0. The van der Waals surface area contributed by atoms with Gasteiger partial charge in [-0.15, -0.1) is 0 Å². The molecule has 1 aromatic heterocycles. The van der Waals surface area contributed by atoms with E-state index in [1.54, 1.807) is 0 Å². The molecule has 60 heavy (non-hydrogen) atoms. The molecule has 2 nitrogen and oxygen atoms in total. The van der Waals surface area contributed by atoms with Gasteiger partial charge in [-0.25, -0.2) is 0 Å². The number of rotatable bonds is 3. The molecule has 0 atom stereocenters. The number of nitrogens with zero attached hydrogens (tertiary/aromatic N) is 1. The van der Waals surface area contributed by atoms with E-state index in [9.17, 15) is 0 Å². The van der Waals surface area contributed by atoms with E-state index in [1.807, 2.05) is 0 Å². The third kappa shape index (κ3) is 4.27. The predicted octanol–water partition coefficient (Wildman–Crippen LogP) is 15.4. The van der Waals surface area contributed by atoms with Crippen molar-refractivity contribution in [2.24, 2.45) is 0 Å². The molecule has 0 N–H and O–H groups in total. The summed E-state index contributed by atoms with van der Waals surface area (Å²) in [5.41, 5.74) is 22.6. The van der Waals surface area contributed by atoms with Gasteiger partial charge in [-0.2, -0.15) is 0 Å². The van der Waals surface area contributed by atoms with Crippen LogP contribution in [0.2, 0.25) is 0 Å². The summed E-state index contributed by atoms with van der Waals surface area (Å²) >= 11 is 0. The van der Waals surface area contributed by atoms with Gasteiger partial charge in [-0.3, -0.25) is 0 Å². The number of benzene rings is 9. The number of anilines is 3. The number of furan rings is 1. The Balaban J connectivity index is 1.11. The lowest BCUT2D eigenvalue weighted by atomic mass is 9.66. The van der Waals surface area contributed by atoms with Gasteiger partial charge in [0.15, 0.2) is 0 Å². The minimum absolute atomic E-state index is 0.152. The number of hydrogen-bond acceptors (Lipinski definition) is 2. The standard InChI is InChI=1S/C58H39NO/c1-57(2)47-22-9-3-17-40(47)44-33-31-37(35-52(44)57)59(53-27-15-29-55-56(53)45-21-8-14-28-54(45)60-55)36-30-32-38-39-16-4-10-23-48(39)58(51-26-13-7-20-43(51)46(38)34-36)49-24-11-5-18-41(49)42-19-6-12-25-50(42)58/h3-35H,1-2H3. The molecule has 1 spiro atoms. The third-order valence-electron chi connectivity index (χ3n) is 13.9. The molecule has 1 heterocycles. The van der Waals surface area contributed by atoms with Crippen molar-refractivity contribution >= 4 is 39.0 Å². The lowest BCUT2D eigenvalue weighted by Crippen LogP contribution is -2.29. The fourth-order valence-corrected chi connectivity index (χ4v) is 11.4. The summed E-state index contributed by atoms with van der Waals surface area (Å²) in [5.74, 6) is 0. The van der Waals surface area contributed by atoms with E-state index >= 15 is 0 Å². The van der Waals surface area contributed by atoms with Crippen molar-refractivity contribution in [3.8, 4) is 44.5 Å². The highest BCUT2D eigenvalue weighted by molar-refractivity contribution is 6.13. The molecule has 9 aromatic carbocycles. The molecule has 0 saturated carbocycles. The van der Waals surface area contributed by atoms with Crippen LogP contribution in [0.15, 0.2) is 205 Å². The first-order chi connectivity index (χ1) is 29.5. The molecule has 282 valence electrons. The maximum atomic E-state index is 6.54. The number of para-hydroxylation sites is 1. The summed E-state index contributed by atoms with van der Waals surface area (Å²) in [4.78, 5) is 2.47. The quantitative estimate of drug-likeness (QED) is 0.178. The molecule has 0 fully saturated rings. The zero-order valence-electron chi connectivity index (χ0n) is 33.4. The lowest BCUT2D eigenvalue weighted by molar-refractivity contribution is 0.660. The Morgan fingerprint density at radius 1 is 0.350 bits per heavy atom. The summed E-state index contributed by atoms with van der Waals surface area (Å²) < 4.78 is 6.54. The number of fused-ring (bicyclic) bond motifs is 18. The van der Waals surface area contributed by atoms with Gasteiger partial charge in [-0.05, 0) is 120 Å². The van der Waals surface area contributed by atoms with Crippen molar-refractivity contribution in [3.63, 3.8) is 0 Å². The molecular weight excluding hydrogens is 727 g/mol. The van der Waals surface area contributed by atoms with E-state index < -0.39 is 5.41 Å². The van der Waals surface area contributed by atoms with Crippen LogP contribution in [0.25, 0.3) is 66.4 Å². The van der Waals surface area contributed by atoms with Crippen LogP contribution < -0.4 is 4.90 Å². The Morgan fingerprint density at radius 3 is 1.43 bits per heavy atom. The molecule has 0 saturated heterocycles. The second kappa shape index (κ2) is 12.1. The molecule has 0 aliphatic heterocycles. The fourth-order valence-electron chi connectivity index (χ4n) is 11.4. The largest absolute Gasteiger partial charge is 0.456 e. The van der Waals surface area contributed by atoms with Gasteiger partial charge >= 0.3 is 0 Å². The van der Waals surface area contributed by atoms with E-state index in [-0.39, 0.29) is 5.41 Å². The van der Waals surface area contributed by atoms with Crippen LogP contribution in [-0.2, 0) is 10.8 Å². The Kier molecular flexibility index (Phi) is 6.74. The highest BCUT2D eigenvalue weighted by Crippen LogP contribution is 2.62. The van der Waals surface area contributed by atoms with Gasteiger partial charge in [0.25, 0.3) is 0 Å². The summed E-state index contributed by atoms with van der Waals surface area (Å²) in [6.07, 6.45) is 0. The Bertz CT molecular complexity index is 3390. The second-order valence-corrected chi connectivity index (χ2v) is 17.1. The highest BCUT2D eigenvalue weighted by atomic mass is 16.3. The van der Waals surface area contributed by atoms with Crippen LogP contribution in [0.1, 0.15) is 47.2 Å². The average molecular weight is 766 g/mol. The molecule has 3 aliphatic carbocycles. The van der Waals surface area contributed by atoms with Crippen LogP contribution in [0.3, 0.4) is 0 Å². The summed E-state index contributed by atoms with van der Waals surface area (Å²) in [5, 5.41) is 2.21. The van der Waals surface area contributed by atoms with Crippen molar-refractivity contribution in [2.45, 2.75) is 24.7 Å².